The summed E-state index contributed by atoms with van der Waals surface area (Å²) in [6, 6.07) is 0. The Kier molecular flexibility index (Phi) is 3.44. The number of rotatable bonds is 2. The third kappa shape index (κ3) is 3.49. The quantitative estimate of drug-likeness (QED) is 0.731. The van der Waals surface area contributed by atoms with Crippen LogP contribution < -0.4 is 11.1 Å². The van der Waals surface area contributed by atoms with Crippen LogP contribution in [0.5, 0.6) is 0 Å². The summed E-state index contributed by atoms with van der Waals surface area (Å²) < 4.78 is 0. The predicted molar refractivity (Wildman–Crippen MR) is 62.4 cm³/mol. The molecule has 88 valence electrons. The second-order valence-electron chi connectivity index (χ2n) is 6.09. The Balaban J connectivity index is 2.76. The van der Waals surface area contributed by atoms with Crippen LogP contribution in [0, 0.1) is 11.3 Å². The standard InChI is InChI=1S/C12H24N2O/c1-9(15)14-12(4)6-10(7-13)5-11(2,3)8-12/h10H,5-8,13H2,1-4H3,(H,14,15). The van der Waals surface area contributed by atoms with E-state index in [1.807, 2.05) is 0 Å². The van der Waals surface area contributed by atoms with Crippen LogP contribution >= 0.6 is 0 Å². The van der Waals surface area contributed by atoms with Crippen LogP contribution in [0.4, 0.5) is 0 Å². The highest BCUT2D eigenvalue weighted by atomic mass is 16.1. The number of nitrogens with one attached hydrogen (secondary N) is 1. The maximum Gasteiger partial charge on any atom is 0.217 e. The van der Waals surface area contributed by atoms with Gasteiger partial charge < -0.3 is 11.1 Å². The molecule has 0 heterocycles. The molecule has 1 aliphatic rings. The zero-order chi connectivity index (χ0) is 11.7. The summed E-state index contributed by atoms with van der Waals surface area (Å²) in [5, 5.41) is 3.08. The van der Waals surface area contributed by atoms with Gasteiger partial charge in [0.05, 0.1) is 0 Å². The molecule has 2 atom stereocenters. The van der Waals surface area contributed by atoms with E-state index >= 15 is 0 Å². The van der Waals surface area contributed by atoms with Gasteiger partial charge in [0.15, 0.2) is 0 Å². The molecule has 0 saturated heterocycles. The topological polar surface area (TPSA) is 55.1 Å². The van der Waals surface area contributed by atoms with Crippen molar-refractivity contribution in [3.05, 3.63) is 0 Å². The van der Waals surface area contributed by atoms with Gasteiger partial charge in [-0.05, 0) is 44.1 Å². The molecule has 0 spiro atoms. The monoisotopic (exact) mass is 212 g/mol. The van der Waals surface area contributed by atoms with Crippen LogP contribution in [0.25, 0.3) is 0 Å². The molecule has 1 rings (SSSR count). The number of carbonyl (C=O) groups excluding carboxylic acids is 1. The third-order valence-corrected chi connectivity index (χ3v) is 3.26. The SMILES string of the molecule is CC(=O)NC1(C)CC(CN)CC(C)(C)C1. The van der Waals surface area contributed by atoms with Crippen LogP contribution in [0.2, 0.25) is 0 Å². The van der Waals surface area contributed by atoms with Crippen molar-refractivity contribution in [3.8, 4) is 0 Å². The first-order valence-electron chi connectivity index (χ1n) is 5.75. The Morgan fingerprint density at radius 1 is 1.40 bits per heavy atom. The van der Waals surface area contributed by atoms with Crippen LogP contribution in [0.3, 0.4) is 0 Å². The number of nitrogens with two attached hydrogens (primary N) is 1. The molecular weight excluding hydrogens is 188 g/mol. The summed E-state index contributed by atoms with van der Waals surface area (Å²) in [6.07, 6.45) is 3.21. The smallest absolute Gasteiger partial charge is 0.217 e. The zero-order valence-corrected chi connectivity index (χ0v) is 10.4. The molecule has 0 aliphatic heterocycles. The average molecular weight is 212 g/mol. The van der Waals surface area contributed by atoms with Crippen molar-refractivity contribution in [1.82, 2.24) is 5.32 Å². The van der Waals surface area contributed by atoms with Crippen molar-refractivity contribution >= 4 is 5.91 Å². The first-order valence-corrected chi connectivity index (χ1v) is 5.75. The summed E-state index contributed by atoms with van der Waals surface area (Å²) in [7, 11) is 0. The van der Waals surface area contributed by atoms with E-state index in [2.05, 4.69) is 26.1 Å². The lowest BCUT2D eigenvalue weighted by molar-refractivity contribution is -0.121. The van der Waals surface area contributed by atoms with E-state index in [-0.39, 0.29) is 16.9 Å². The number of carbonyl (C=O) groups is 1. The van der Waals surface area contributed by atoms with Gasteiger partial charge in [0.1, 0.15) is 0 Å². The highest BCUT2D eigenvalue weighted by molar-refractivity contribution is 5.73. The zero-order valence-electron chi connectivity index (χ0n) is 10.4. The molecule has 1 saturated carbocycles. The first kappa shape index (κ1) is 12.5. The van der Waals surface area contributed by atoms with Crippen molar-refractivity contribution in [2.24, 2.45) is 17.1 Å². The summed E-state index contributed by atoms with van der Waals surface area (Å²) in [6.45, 7) is 8.96. The first-order chi connectivity index (χ1) is 6.76. The predicted octanol–water partition coefficient (Wildman–Crippen LogP) is 1.67. The van der Waals surface area contributed by atoms with Gasteiger partial charge in [0.25, 0.3) is 0 Å². The van der Waals surface area contributed by atoms with Gasteiger partial charge in [-0.1, -0.05) is 13.8 Å². The summed E-state index contributed by atoms with van der Waals surface area (Å²) in [4.78, 5) is 11.2. The van der Waals surface area contributed by atoms with Crippen molar-refractivity contribution < 1.29 is 4.79 Å². The Morgan fingerprint density at radius 2 is 2.00 bits per heavy atom. The maximum atomic E-state index is 11.2. The normalized spacial score (nSPS) is 34.9. The number of amides is 1. The fourth-order valence-electron chi connectivity index (χ4n) is 3.38. The molecule has 0 aromatic heterocycles. The van der Waals surface area contributed by atoms with Crippen LogP contribution in [-0.2, 0) is 4.79 Å². The minimum Gasteiger partial charge on any atom is -0.351 e. The average Bonchev–Trinajstić information content (AvgIpc) is 1.97. The molecule has 1 aliphatic carbocycles. The van der Waals surface area contributed by atoms with Gasteiger partial charge in [0.2, 0.25) is 5.91 Å². The van der Waals surface area contributed by atoms with E-state index in [9.17, 15) is 4.79 Å². The molecule has 0 aromatic rings. The molecule has 2 unspecified atom stereocenters. The lowest BCUT2D eigenvalue weighted by Gasteiger charge is -2.46. The molecule has 0 bridgehead atoms. The van der Waals surface area contributed by atoms with Crippen molar-refractivity contribution in [2.75, 3.05) is 6.54 Å². The molecule has 3 N–H and O–H groups in total. The fourth-order valence-corrected chi connectivity index (χ4v) is 3.38. The molecule has 3 heteroatoms. The van der Waals surface area contributed by atoms with Crippen molar-refractivity contribution in [1.29, 1.82) is 0 Å². The maximum absolute atomic E-state index is 11.2. The molecule has 3 nitrogen and oxygen atoms in total. The lowest BCUT2D eigenvalue weighted by Crippen LogP contribution is -2.53. The molecule has 0 aromatic carbocycles. The largest absolute Gasteiger partial charge is 0.351 e. The molecular formula is C12H24N2O. The Hall–Kier alpha value is -0.570. The van der Waals surface area contributed by atoms with Gasteiger partial charge in [-0.2, -0.15) is 0 Å². The third-order valence-electron chi connectivity index (χ3n) is 3.26. The van der Waals surface area contributed by atoms with Crippen LogP contribution in [0.15, 0.2) is 0 Å². The second-order valence-corrected chi connectivity index (χ2v) is 6.09. The van der Waals surface area contributed by atoms with Gasteiger partial charge >= 0.3 is 0 Å². The number of hydrogen-bond donors (Lipinski definition) is 2. The molecule has 0 radical (unpaired) electrons. The molecule has 1 fully saturated rings. The van der Waals surface area contributed by atoms with E-state index in [1.54, 1.807) is 6.92 Å². The molecule has 15 heavy (non-hydrogen) atoms. The Morgan fingerprint density at radius 3 is 2.47 bits per heavy atom. The second kappa shape index (κ2) is 4.12. The Labute approximate surface area is 92.8 Å². The number of hydrogen-bond acceptors (Lipinski definition) is 2. The lowest BCUT2D eigenvalue weighted by atomic mass is 9.64. The van der Waals surface area contributed by atoms with E-state index in [0.29, 0.717) is 5.92 Å². The minimum absolute atomic E-state index is 0.0611. The van der Waals surface area contributed by atoms with Crippen LogP contribution in [0.1, 0.15) is 47.0 Å². The van der Waals surface area contributed by atoms with E-state index in [4.69, 9.17) is 5.73 Å². The minimum atomic E-state index is -0.0718. The van der Waals surface area contributed by atoms with E-state index < -0.39 is 0 Å². The fraction of sp³-hybridized carbons (Fsp3) is 0.917. The molecule has 1 amide bonds. The summed E-state index contributed by atoms with van der Waals surface area (Å²) in [5.74, 6) is 0.594. The highest BCUT2D eigenvalue weighted by Gasteiger charge is 2.41. The van der Waals surface area contributed by atoms with Gasteiger partial charge in [-0.3, -0.25) is 4.79 Å². The van der Waals surface area contributed by atoms with E-state index in [1.165, 1.54) is 6.42 Å². The summed E-state index contributed by atoms with van der Waals surface area (Å²) >= 11 is 0. The van der Waals surface area contributed by atoms with Gasteiger partial charge in [0, 0.05) is 12.5 Å². The Bertz CT molecular complexity index is 250. The highest BCUT2D eigenvalue weighted by Crippen LogP contribution is 2.43. The van der Waals surface area contributed by atoms with Crippen LogP contribution in [-0.4, -0.2) is 18.0 Å². The van der Waals surface area contributed by atoms with Gasteiger partial charge in [-0.25, -0.2) is 0 Å². The van der Waals surface area contributed by atoms with Crippen molar-refractivity contribution in [2.45, 2.75) is 52.5 Å². The van der Waals surface area contributed by atoms with E-state index in [0.717, 1.165) is 19.4 Å². The van der Waals surface area contributed by atoms with Gasteiger partial charge in [-0.15, -0.1) is 0 Å². The summed E-state index contributed by atoms with van der Waals surface area (Å²) in [5.41, 5.74) is 5.97. The van der Waals surface area contributed by atoms with Crippen molar-refractivity contribution in [3.63, 3.8) is 0 Å².